The molecule has 4 N–H and O–H groups in total. The zero-order valence-electron chi connectivity index (χ0n) is 10.6. The van der Waals surface area contributed by atoms with Crippen molar-refractivity contribution in [3.63, 3.8) is 0 Å². The van der Waals surface area contributed by atoms with E-state index in [-0.39, 0.29) is 36.2 Å². The Kier molecular flexibility index (Phi) is 4.36. The quantitative estimate of drug-likeness (QED) is 0.742. The summed E-state index contributed by atoms with van der Waals surface area (Å²) in [4.78, 5) is 12.1. The van der Waals surface area contributed by atoms with Crippen molar-refractivity contribution in [2.45, 2.75) is 38.1 Å². The number of anilines is 1. The third kappa shape index (κ3) is 2.87. The minimum atomic E-state index is 0. The lowest BCUT2D eigenvalue weighted by Gasteiger charge is -2.43. The molecule has 0 aromatic carbocycles. The smallest absolute Gasteiger partial charge is 0.269 e. The summed E-state index contributed by atoms with van der Waals surface area (Å²) >= 11 is 0. The van der Waals surface area contributed by atoms with Crippen LogP contribution < -0.4 is 11.1 Å². The minimum absolute atomic E-state index is 0. The number of hydrogen-bond donors (Lipinski definition) is 3. The molecule has 1 amide bonds. The number of nitrogens with two attached hydrogens (primary N) is 1. The van der Waals surface area contributed by atoms with E-state index < -0.39 is 0 Å². The van der Waals surface area contributed by atoms with Gasteiger partial charge in [0.2, 0.25) is 5.91 Å². The summed E-state index contributed by atoms with van der Waals surface area (Å²) < 4.78 is 0. The number of nitrogens with zero attached hydrogens (tertiary/aromatic N) is 3. The first-order valence-electron chi connectivity index (χ1n) is 6.54. The van der Waals surface area contributed by atoms with Gasteiger partial charge in [0.1, 0.15) is 0 Å². The van der Waals surface area contributed by atoms with E-state index >= 15 is 0 Å². The Morgan fingerprint density at radius 3 is 2.58 bits per heavy atom. The molecule has 1 aromatic heterocycles. The molecule has 2 saturated carbocycles. The van der Waals surface area contributed by atoms with E-state index in [0.717, 1.165) is 25.7 Å². The van der Waals surface area contributed by atoms with E-state index in [9.17, 15) is 4.79 Å². The maximum atomic E-state index is 12.1. The average molecular weight is 287 g/mol. The first kappa shape index (κ1) is 14.2. The van der Waals surface area contributed by atoms with E-state index in [2.05, 4.69) is 25.9 Å². The zero-order chi connectivity index (χ0) is 12.5. The van der Waals surface area contributed by atoms with Crippen molar-refractivity contribution in [1.82, 2.24) is 20.6 Å². The highest BCUT2D eigenvalue weighted by molar-refractivity contribution is 5.90. The fraction of sp³-hybridized carbons (Fsp3) is 0.818. The number of aromatic nitrogens is 4. The lowest BCUT2D eigenvalue weighted by Crippen LogP contribution is -2.48. The number of carbonyl (C=O) groups excluding carboxylic acids is 1. The minimum Gasteiger partial charge on any atom is -0.327 e. The Labute approximate surface area is 117 Å². The van der Waals surface area contributed by atoms with E-state index in [0.29, 0.717) is 11.8 Å². The van der Waals surface area contributed by atoms with Crippen LogP contribution in [0.5, 0.6) is 0 Å². The number of rotatable bonds is 2. The molecule has 0 aliphatic heterocycles. The summed E-state index contributed by atoms with van der Waals surface area (Å²) in [6, 6.07) is 0.285. The van der Waals surface area contributed by atoms with Crippen LogP contribution in [-0.2, 0) is 4.79 Å². The molecule has 3 rings (SSSR count). The average Bonchev–Trinajstić information content (AvgIpc) is 2.81. The second kappa shape index (κ2) is 5.83. The summed E-state index contributed by atoms with van der Waals surface area (Å²) in [5.74, 6) is 1.29. The Morgan fingerprint density at radius 1 is 1.32 bits per heavy atom. The van der Waals surface area contributed by atoms with Crippen molar-refractivity contribution in [1.29, 1.82) is 0 Å². The van der Waals surface area contributed by atoms with Gasteiger partial charge in [-0.1, -0.05) is 11.5 Å². The van der Waals surface area contributed by atoms with Crippen molar-refractivity contribution in [3.8, 4) is 0 Å². The van der Waals surface area contributed by atoms with Crippen molar-refractivity contribution in [3.05, 3.63) is 0 Å². The molecule has 2 aliphatic rings. The van der Waals surface area contributed by atoms with Gasteiger partial charge in [-0.2, -0.15) is 5.21 Å². The molecule has 7 nitrogen and oxygen atoms in total. The molecule has 0 radical (unpaired) electrons. The van der Waals surface area contributed by atoms with Gasteiger partial charge in [0.15, 0.2) is 0 Å². The van der Waals surface area contributed by atoms with Crippen LogP contribution in [0.15, 0.2) is 0 Å². The number of tetrazole rings is 1. The largest absolute Gasteiger partial charge is 0.327 e. The predicted molar refractivity (Wildman–Crippen MR) is 71.6 cm³/mol. The fourth-order valence-electron chi connectivity index (χ4n) is 3.43. The summed E-state index contributed by atoms with van der Waals surface area (Å²) in [6.07, 6.45) is 5.35. The number of nitrogens with one attached hydrogen (secondary N) is 2. The molecule has 2 aliphatic carbocycles. The molecule has 2 unspecified atom stereocenters. The molecule has 8 heteroatoms. The lowest BCUT2D eigenvalue weighted by molar-refractivity contribution is -0.122. The van der Waals surface area contributed by atoms with Gasteiger partial charge in [-0.15, -0.1) is 17.5 Å². The van der Waals surface area contributed by atoms with E-state index in [1.54, 1.807) is 0 Å². The monoisotopic (exact) mass is 286 g/mol. The Hall–Kier alpha value is -1.21. The van der Waals surface area contributed by atoms with E-state index in [1.807, 2.05) is 0 Å². The highest BCUT2D eigenvalue weighted by Crippen LogP contribution is 2.42. The molecular weight excluding hydrogens is 268 g/mol. The second-order valence-electron chi connectivity index (χ2n) is 5.42. The maximum Gasteiger partial charge on any atom is 0.269 e. The SMILES string of the molecule is Cl.NC1C2CCCC1CC(C(=O)Nc1nn[nH]n1)C2. The van der Waals surface area contributed by atoms with Crippen molar-refractivity contribution in [2.24, 2.45) is 23.5 Å². The van der Waals surface area contributed by atoms with Crippen LogP contribution in [-0.4, -0.2) is 32.6 Å². The second-order valence-corrected chi connectivity index (χ2v) is 5.42. The summed E-state index contributed by atoms with van der Waals surface area (Å²) in [7, 11) is 0. The number of aromatic amines is 1. The van der Waals surface area contributed by atoms with Crippen LogP contribution in [0.1, 0.15) is 32.1 Å². The summed E-state index contributed by atoms with van der Waals surface area (Å²) in [5.41, 5.74) is 6.21. The van der Waals surface area contributed by atoms with Crippen molar-refractivity contribution < 1.29 is 4.79 Å². The van der Waals surface area contributed by atoms with Crippen LogP contribution in [0.25, 0.3) is 0 Å². The van der Waals surface area contributed by atoms with E-state index in [4.69, 9.17) is 5.73 Å². The molecule has 1 heterocycles. The van der Waals surface area contributed by atoms with Crippen LogP contribution in [0.3, 0.4) is 0 Å². The molecule has 2 fully saturated rings. The van der Waals surface area contributed by atoms with Gasteiger partial charge in [-0.05, 0) is 42.7 Å². The van der Waals surface area contributed by atoms with Crippen LogP contribution in [0, 0.1) is 17.8 Å². The van der Waals surface area contributed by atoms with Crippen molar-refractivity contribution in [2.75, 3.05) is 5.32 Å². The maximum absolute atomic E-state index is 12.1. The number of fused-ring (bicyclic) bond motifs is 2. The van der Waals surface area contributed by atoms with Gasteiger partial charge in [0, 0.05) is 12.0 Å². The van der Waals surface area contributed by atoms with Gasteiger partial charge in [-0.25, -0.2) is 0 Å². The van der Waals surface area contributed by atoms with Gasteiger partial charge in [-0.3, -0.25) is 10.1 Å². The van der Waals surface area contributed by atoms with Gasteiger partial charge >= 0.3 is 0 Å². The predicted octanol–water partition coefficient (Wildman–Crippen LogP) is 0.714. The van der Waals surface area contributed by atoms with Crippen LogP contribution in [0.4, 0.5) is 5.95 Å². The van der Waals surface area contributed by atoms with Crippen LogP contribution in [0.2, 0.25) is 0 Å². The fourth-order valence-corrected chi connectivity index (χ4v) is 3.43. The number of halogens is 1. The first-order chi connectivity index (χ1) is 8.74. The van der Waals surface area contributed by atoms with Crippen LogP contribution >= 0.6 is 12.4 Å². The highest BCUT2D eigenvalue weighted by Gasteiger charge is 2.40. The van der Waals surface area contributed by atoms with E-state index in [1.165, 1.54) is 6.42 Å². The third-order valence-electron chi connectivity index (χ3n) is 4.36. The molecule has 19 heavy (non-hydrogen) atoms. The number of H-pyrrole nitrogens is 1. The van der Waals surface area contributed by atoms with Gasteiger partial charge in [0.25, 0.3) is 5.95 Å². The normalized spacial score (nSPS) is 33.3. The van der Waals surface area contributed by atoms with Gasteiger partial charge in [0.05, 0.1) is 0 Å². The standard InChI is InChI=1S/C11H18N6O.ClH/c12-9-6-2-1-3-7(9)5-8(4-6)10(18)13-11-14-16-17-15-11;/h6-9H,1-5,12H2,(H2,13,14,15,16,17,18);1H. The zero-order valence-corrected chi connectivity index (χ0v) is 11.4. The molecule has 1 aromatic rings. The number of hydrogen-bond acceptors (Lipinski definition) is 5. The topological polar surface area (TPSA) is 110 Å². The molecule has 0 saturated heterocycles. The molecule has 2 bridgehead atoms. The number of amides is 1. The Balaban J connectivity index is 0.00000133. The van der Waals surface area contributed by atoms with Crippen molar-refractivity contribution >= 4 is 24.3 Å². The summed E-state index contributed by atoms with van der Waals surface area (Å²) in [5, 5.41) is 15.9. The Morgan fingerprint density at radius 2 is 2.00 bits per heavy atom. The molecular formula is C11H19ClN6O. The summed E-state index contributed by atoms with van der Waals surface area (Å²) in [6.45, 7) is 0. The molecule has 0 spiro atoms. The van der Waals surface area contributed by atoms with Gasteiger partial charge < -0.3 is 5.73 Å². The Bertz CT molecular complexity index is 411. The highest BCUT2D eigenvalue weighted by atomic mass is 35.5. The first-order valence-corrected chi connectivity index (χ1v) is 6.54. The molecule has 2 atom stereocenters. The molecule has 106 valence electrons. The number of carbonyl (C=O) groups is 1. The lowest BCUT2D eigenvalue weighted by atomic mass is 9.65. The third-order valence-corrected chi connectivity index (χ3v) is 4.36.